The summed E-state index contributed by atoms with van der Waals surface area (Å²) in [5.74, 6) is -0.364. The minimum absolute atomic E-state index is 0.0537. The highest BCUT2D eigenvalue weighted by molar-refractivity contribution is 9.11. The minimum Gasteiger partial charge on any atom is -0.506 e. The number of aromatic hydroxyl groups is 1. The molecule has 2 aromatic carbocycles. The Kier molecular flexibility index (Phi) is 3.06. The third-order valence-electron chi connectivity index (χ3n) is 2.79. The highest BCUT2D eigenvalue weighted by Crippen LogP contribution is 2.33. The van der Waals surface area contributed by atoms with E-state index in [0.29, 0.717) is 9.99 Å². The number of phenols is 1. The van der Waals surface area contributed by atoms with E-state index in [1.807, 2.05) is 0 Å². The fourth-order valence-corrected chi connectivity index (χ4v) is 2.68. The molecule has 19 heavy (non-hydrogen) atoms. The smallest absolute Gasteiger partial charge is 0.150 e. The van der Waals surface area contributed by atoms with Crippen molar-refractivity contribution in [1.82, 2.24) is 9.78 Å². The number of benzene rings is 2. The van der Waals surface area contributed by atoms with Crippen molar-refractivity contribution in [3.63, 3.8) is 0 Å². The number of halogens is 3. The number of rotatable bonds is 1. The van der Waals surface area contributed by atoms with Crippen LogP contribution in [0.1, 0.15) is 0 Å². The quantitative estimate of drug-likeness (QED) is 0.674. The maximum atomic E-state index is 14.0. The Bertz CT molecular complexity index is 786. The van der Waals surface area contributed by atoms with Gasteiger partial charge >= 0.3 is 0 Å². The monoisotopic (exact) mass is 384 g/mol. The zero-order chi connectivity index (χ0) is 13.6. The van der Waals surface area contributed by atoms with Crippen LogP contribution >= 0.6 is 31.9 Å². The van der Waals surface area contributed by atoms with Crippen LogP contribution in [-0.4, -0.2) is 14.9 Å². The first kappa shape index (κ1) is 12.6. The van der Waals surface area contributed by atoms with Crippen molar-refractivity contribution in [2.45, 2.75) is 0 Å². The van der Waals surface area contributed by atoms with Gasteiger partial charge in [-0.2, -0.15) is 5.10 Å². The van der Waals surface area contributed by atoms with E-state index in [0.717, 1.165) is 9.86 Å². The van der Waals surface area contributed by atoms with Crippen LogP contribution in [0.25, 0.3) is 16.6 Å². The zero-order valence-corrected chi connectivity index (χ0v) is 12.6. The van der Waals surface area contributed by atoms with E-state index in [1.54, 1.807) is 30.5 Å². The van der Waals surface area contributed by atoms with Gasteiger partial charge in [0.05, 0.1) is 6.20 Å². The zero-order valence-electron chi connectivity index (χ0n) is 9.44. The van der Waals surface area contributed by atoms with Gasteiger partial charge in [-0.15, -0.1) is 0 Å². The van der Waals surface area contributed by atoms with Crippen molar-refractivity contribution in [3.8, 4) is 11.4 Å². The van der Waals surface area contributed by atoms with Gasteiger partial charge in [-0.25, -0.2) is 9.07 Å². The van der Waals surface area contributed by atoms with Crippen LogP contribution in [0.3, 0.4) is 0 Å². The van der Waals surface area contributed by atoms with E-state index in [4.69, 9.17) is 0 Å². The summed E-state index contributed by atoms with van der Waals surface area (Å²) in [5, 5.41) is 14.8. The highest BCUT2D eigenvalue weighted by atomic mass is 79.9. The standard InChI is InChI=1S/C13H7Br2FN2O/c14-7-1-3-11(10(16)5-7)18-13-8(6-17-18)9(15)2-4-12(13)19/h1-6,19H. The van der Waals surface area contributed by atoms with Gasteiger partial charge in [0.1, 0.15) is 22.8 Å². The predicted octanol–water partition coefficient (Wildman–Crippen LogP) is 4.40. The SMILES string of the molecule is Oc1ccc(Br)c2cnn(-c3ccc(Br)cc3F)c12. The maximum absolute atomic E-state index is 14.0. The summed E-state index contributed by atoms with van der Waals surface area (Å²) in [6, 6.07) is 7.95. The normalized spacial score (nSPS) is 11.1. The lowest BCUT2D eigenvalue weighted by Gasteiger charge is -2.07. The molecule has 0 saturated carbocycles. The molecule has 1 heterocycles. The second kappa shape index (κ2) is 4.61. The summed E-state index contributed by atoms with van der Waals surface area (Å²) in [7, 11) is 0. The van der Waals surface area contributed by atoms with E-state index >= 15 is 0 Å². The molecule has 0 saturated heterocycles. The fraction of sp³-hybridized carbons (Fsp3) is 0. The molecule has 1 N–H and O–H groups in total. The Morgan fingerprint density at radius 1 is 1.16 bits per heavy atom. The van der Waals surface area contributed by atoms with Gasteiger partial charge in [0.2, 0.25) is 0 Å². The summed E-state index contributed by atoms with van der Waals surface area (Å²) in [4.78, 5) is 0. The average molecular weight is 386 g/mol. The molecule has 1 aromatic heterocycles. The number of hydrogen-bond acceptors (Lipinski definition) is 2. The van der Waals surface area contributed by atoms with Crippen LogP contribution in [0, 0.1) is 5.82 Å². The van der Waals surface area contributed by atoms with Gasteiger partial charge in [0, 0.05) is 14.3 Å². The largest absolute Gasteiger partial charge is 0.506 e. The summed E-state index contributed by atoms with van der Waals surface area (Å²) in [5.41, 5.74) is 0.752. The Hall–Kier alpha value is -1.40. The molecule has 0 aliphatic carbocycles. The van der Waals surface area contributed by atoms with Crippen LogP contribution in [0.2, 0.25) is 0 Å². The van der Waals surface area contributed by atoms with Crippen LogP contribution < -0.4 is 0 Å². The number of aromatic nitrogens is 2. The molecule has 96 valence electrons. The molecule has 6 heteroatoms. The molecule has 0 fully saturated rings. The molecule has 0 spiro atoms. The molecule has 0 bridgehead atoms. The van der Waals surface area contributed by atoms with E-state index in [1.165, 1.54) is 10.7 Å². The second-order valence-corrected chi connectivity index (χ2v) is 5.75. The highest BCUT2D eigenvalue weighted by Gasteiger charge is 2.14. The Balaban J connectivity index is 2.34. The minimum atomic E-state index is -0.418. The Morgan fingerprint density at radius 3 is 2.68 bits per heavy atom. The van der Waals surface area contributed by atoms with Crippen LogP contribution in [0.5, 0.6) is 5.75 Å². The molecular formula is C13H7Br2FN2O. The van der Waals surface area contributed by atoms with Crippen molar-refractivity contribution in [3.05, 3.63) is 51.3 Å². The molecule has 0 aliphatic rings. The number of fused-ring (bicyclic) bond motifs is 1. The molecule has 3 rings (SSSR count). The summed E-state index contributed by atoms with van der Waals surface area (Å²) in [6.07, 6.45) is 1.58. The molecule has 0 unspecified atom stereocenters. The summed E-state index contributed by atoms with van der Waals surface area (Å²) >= 11 is 6.59. The van der Waals surface area contributed by atoms with Gasteiger partial charge in [-0.3, -0.25) is 0 Å². The van der Waals surface area contributed by atoms with Crippen molar-refractivity contribution in [1.29, 1.82) is 0 Å². The lowest BCUT2D eigenvalue weighted by atomic mass is 10.2. The van der Waals surface area contributed by atoms with Gasteiger partial charge in [-0.05, 0) is 30.3 Å². The Morgan fingerprint density at radius 2 is 1.95 bits per heavy atom. The number of phenolic OH excluding ortho intramolecular Hbond substituents is 1. The Labute approximate surface area is 124 Å². The fourth-order valence-electron chi connectivity index (χ4n) is 1.93. The first-order valence-corrected chi connectivity index (χ1v) is 6.97. The van der Waals surface area contributed by atoms with E-state index in [2.05, 4.69) is 37.0 Å². The number of hydrogen-bond donors (Lipinski definition) is 1. The van der Waals surface area contributed by atoms with Crippen molar-refractivity contribution in [2.24, 2.45) is 0 Å². The third-order valence-corrected chi connectivity index (χ3v) is 3.98. The van der Waals surface area contributed by atoms with E-state index < -0.39 is 5.82 Å². The molecule has 0 radical (unpaired) electrons. The van der Waals surface area contributed by atoms with Crippen molar-refractivity contribution < 1.29 is 9.50 Å². The van der Waals surface area contributed by atoms with E-state index in [9.17, 15) is 9.50 Å². The van der Waals surface area contributed by atoms with Gasteiger partial charge < -0.3 is 5.11 Å². The third kappa shape index (κ3) is 2.04. The molecular weight excluding hydrogens is 379 g/mol. The van der Waals surface area contributed by atoms with Crippen molar-refractivity contribution in [2.75, 3.05) is 0 Å². The van der Waals surface area contributed by atoms with Crippen molar-refractivity contribution >= 4 is 42.8 Å². The van der Waals surface area contributed by atoms with Crippen LogP contribution in [0.15, 0.2) is 45.5 Å². The molecule has 0 amide bonds. The molecule has 0 atom stereocenters. The van der Waals surface area contributed by atoms with E-state index in [-0.39, 0.29) is 11.4 Å². The average Bonchev–Trinajstić information content (AvgIpc) is 2.80. The van der Waals surface area contributed by atoms with Gasteiger partial charge in [-0.1, -0.05) is 31.9 Å². The molecule has 0 aliphatic heterocycles. The van der Waals surface area contributed by atoms with Crippen LogP contribution in [-0.2, 0) is 0 Å². The lowest BCUT2D eigenvalue weighted by molar-refractivity contribution is 0.478. The van der Waals surface area contributed by atoms with Crippen LogP contribution in [0.4, 0.5) is 4.39 Å². The van der Waals surface area contributed by atoms with Gasteiger partial charge in [0.25, 0.3) is 0 Å². The molecule has 3 aromatic rings. The maximum Gasteiger partial charge on any atom is 0.150 e. The number of nitrogens with zero attached hydrogens (tertiary/aromatic N) is 2. The lowest BCUT2D eigenvalue weighted by Crippen LogP contribution is -1.99. The topological polar surface area (TPSA) is 38.1 Å². The molecule has 3 nitrogen and oxygen atoms in total. The predicted molar refractivity (Wildman–Crippen MR) is 78.1 cm³/mol. The first-order chi connectivity index (χ1) is 9.08. The summed E-state index contributed by atoms with van der Waals surface area (Å²) < 4.78 is 16.8. The summed E-state index contributed by atoms with van der Waals surface area (Å²) in [6.45, 7) is 0. The second-order valence-electron chi connectivity index (χ2n) is 3.98. The first-order valence-electron chi connectivity index (χ1n) is 5.38. The van der Waals surface area contributed by atoms with Gasteiger partial charge in [0.15, 0.2) is 0 Å².